The minimum Gasteiger partial charge on any atom is -0.497 e. The lowest BCUT2D eigenvalue weighted by Crippen LogP contribution is -2.03. The van der Waals surface area contributed by atoms with Crippen LogP contribution in [-0.2, 0) is 0 Å². The highest BCUT2D eigenvalue weighted by atomic mass is 35.5. The maximum absolute atomic E-state index is 6.03. The van der Waals surface area contributed by atoms with E-state index in [4.69, 9.17) is 37.4 Å². The molecule has 0 atom stereocenters. The van der Waals surface area contributed by atoms with E-state index in [1.165, 1.54) is 0 Å². The van der Waals surface area contributed by atoms with Gasteiger partial charge in [0, 0.05) is 11.1 Å². The molecule has 2 aromatic rings. The predicted molar refractivity (Wildman–Crippen MR) is 89.7 cm³/mol. The zero-order valence-corrected chi connectivity index (χ0v) is 13.9. The molecule has 5 heteroatoms. The zero-order valence-electron chi connectivity index (χ0n) is 12.4. The Morgan fingerprint density at radius 1 is 0.864 bits per heavy atom. The maximum atomic E-state index is 6.03. The molecule has 0 saturated carbocycles. The highest BCUT2D eigenvalue weighted by molar-refractivity contribution is 6.35. The molecule has 0 radical (unpaired) electrons. The fraction of sp³-hybridized carbons (Fsp3) is 0.294. The molecule has 0 aliphatic carbocycles. The SMILES string of the molecule is COc1cccc(OCCCCOc2ccc(Cl)cc2Cl)c1. The molecule has 0 unspecified atom stereocenters. The molecule has 0 aliphatic heterocycles. The van der Waals surface area contributed by atoms with E-state index in [1.54, 1.807) is 25.3 Å². The fourth-order valence-corrected chi connectivity index (χ4v) is 2.32. The average Bonchev–Trinajstić information content (AvgIpc) is 2.52. The summed E-state index contributed by atoms with van der Waals surface area (Å²) in [5.41, 5.74) is 0. The van der Waals surface area contributed by atoms with Crippen molar-refractivity contribution < 1.29 is 14.2 Å². The zero-order chi connectivity index (χ0) is 15.8. The molecule has 118 valence electrons. The Labute approximate surface area is 140 Å². The van der Waals surface area contributed by atoms with Gasteiger partial charge in [-0.15, -0.1) is 0 Å². The number of benzene rings is 2. The molecule has 0 N–H and O–H groups in total. The Kier molecular flexibility index (Phi) is 6.69. The van der Waals surface area contributed by atoms with Crippen LogP contribution in [0.25, 0.3) is 0 Å². The number of methoxy groups -OCH3 is 1. The second-order valence-electron chi connectivity index (χ2n) is 4.66. The first-order valence-electron chi connectivity index (χ1n) is 7.04. The third-order valence-corrected chi connectivity index (χ3v) is 3.53. The molecule has 0 amide bonds. The van der Waals surface area contributed by atoms with Gasteiger partial charge in [0.05, 0.1) is 25.3 Å². The van der Waals surface area contributed by atoms with Gasteiger partial charge in [-0.2, -0.15) is 0 Å². The first-order chi connectivity index (χ1) is 10.7. The van der Waals surface area contributed by atoms with Crippen molar-refractivity contribution >= 4 is 23.2 Å². The highest BCUT2D eigenvalue weighted by Crippen LogP contribution is 2.27. The van der Waals surface area contributed by atoms with Crippen LogP contribution in [-0.4, -0.2) is 20.3 Å². The van der Waals surface area contributed by atoms with E-state index in [-0.39, 0.29) is 0 Å². The largest absolute Gasteiger partial charge is 0.497 e. The Morgan fingerprint density at radius 2 is 1.59 bits per heavy atom. The van der Waals surface area contributed by atoms with E-state index >= 15 is 0 Å². The molecule has 2 aromatic carbocycles. The summed E-state index contributed by atoms with van der Waals surface area (Å²) in [5, 5.41) is 1.13. The quantitative estimate of drug-likeness (QED) is 0.615. The van der Waals surface area contributed by atoms with Crippen molar-refractivity contribution in [1.29, 1.82) is 0 Å². The van der Waals surface area contributed by atoms with Crippen molar-refractivity contribution in [3.63, 3.8) is 0 Å². The summed E-state index contributed by atoms with van der Waals surface area (Å²) in [6.07, 6.45) is 1.77. The molecule has 0 aliphatic rings. The van der Waals surface area contributed by atoms with Crippen molar-refractivity contribution in [3.8, 4) is 17.2 Å². The number of ether oxygens (including phenoxy) is 3. The second-order valence-corrected chi connectivity index (χ2v) is 5.50. The van der Waals surface area contributed by atoms with Crippen LogP contribution in [0.3, 0.4) is 0 Å². The van der Waals surface area contributed by atoms with E-state index in [0.717, 1.165) is 24.3 Å². The second kappa shape index (κ2) is 8.76. The Bertz CT molecular complexity index is 602. The molecule has 0 fully saturated rings. The number of hydrogen-bond donors (Lipinski definition) is 0. The van der Waals surface area contributed by atoms with Gasteiger partial charge in [-0.25, -0.2) is 0 Å². The number of rotatable bonds is 8. The van der Waals surface area contributed by atoms with Gasteiger partial charge in [-0.05, 0) is 43.2 Å². The maximum Gasteiger partial charge on any atom is 0.137 e. The molecule has 0 aromatic heterocycles. The van der Waals surface area contributed by atoms with Crippen LogP contribution in [0, 0.1) is 0 Å². The molecule has 2 rings (SSSR count). The molecule has 0 heterocycles. The minimum atomic E-state index is 0.528. The minimum absolute atomic E-state index is 0.528. The summed E-state index contributed by atoms with van der Waals surface area (Å²) in [6.45, 7) is 1.22. The van der Waals surface area contributed by atoms with Crippen molar-refractivity contribution in [1.82, 2.24) is 0 Å². The van der Waals surface area contributed by atoms with Gasteiger partial charge >= 0.3 is 0 Å². The summed E-state index contributed by atoms with van der Waals surface area (Å²) in [7, 11) is 1.64. The molecule has 0 bridgehead atoms. The average molecular weight is 341 g/mol. The predicted octanol–water partition coefficient (Wildman–Crippen LogP) is 5.24. The van der Waals surface area contributed by atoms with Crippen LogP contribution in [0.2, 0.25) is 10.0 Å². The van der Waals surface area contributed by atoms with Crippen molar-refractivity contribution in [2.45, 2.75) is 12.8 Å². The summed E-state index contributed by atoms with van der Waals surface area (Å²) in [6, 6.07) is 12.8. The van der Waals surface area contributed by atoms with Gasteiger partial charge in [-0.3, -0.25) is 0 Å². The Hall–Kier alpha value is -1.58. The molecule has 0 saturated heterocycles. The van der Waals surface area contributed by atoms with Crippen LogP contribution in [0.15, 0.2) is 42.5 Å². The molecule has 22 heavy (non-hydrogen) atoms. The first-order valence-corrected chi connectivity index (χ1v) is 7.79. The monoisotopic (exact) mass is 340 g/mol. The van der Waals surface area contributed by atoms with Gasteiger partial charge in [0.2, 0.25) is 0 Å². The fourth-order valence-electron chi connectivity index (χ4n) is 1.86. The van der Waals surface area contributed by atoms with Gasteiger partial charge in [-0.1, -0.05) is 29.3 Å². The Balaban J connectivity index is 1.65. The van der Waals surface area contributed by atoms with E-state index in [1.807, 2.05) is 24.3 Å². The number of hydrogen-bond acceptors (Lipinski definition) is 3. The molecular formula is C17H18Cl2O3. The molecule has 3 nitrogen and oxygen atoms in total. The topological polar surface area (TPSA) is 27.7 Å². The molecular weight excluding hydrogens is 323 g/mol. The molecule has 0 spiro atoms. The summed E-state index contributed by atoms with van der Waals surface area (Å²) < 4.78 is 16.4. The van der Waals surface area contributed by atoms with Crippen molar-refractivity contribution in [2.24, 2.45) is 0 Å². The van der Waals surface area contributed by atoms with Gasteiger partial charge in [0.15, 0.2) is 0 Å². The van der Waals surface area contributed by atoms with Crippen LogP contribution >= 0.6 is 23.2 Å². The number of halogens is 2. The lowest BCUT2D eigenvalue weighted by atomic mass is 10.3. The van der Waals surface area contributed by atoms with E-state index in [9.17, 15) is 0 Å². The smallest absolute Gasteiger partial charge is 0.137 e. The summed E-state index contributed by atoms with van der Waals surface area (Å²) in [4.78, 5) is 0. The lowest BCUT2D eigenvalue weighted by Gasteiger charge is -2.09. The Morgan fingerprint density at radius 3 is 2.32 bits per heavy atom. The third kappa shape index (κ3) is 5.32. The third-order valence-electron chi connectivity index (χ3n) is 3.00. The summed E-state index contributed by atoms with van der Waals surface area (Å²) in [5.74, 6) is 2.25. The van der Waals surface area contributed by atoms with Gasteiger partial charge < -0.3 is 14.2 Å². The first kappa shape index (κ1) is 16.8. The van der Waals surface area contributed by atoms with Crippen molar-refractivity contribution in [2.75, 3.05) is 20.3 Å². The van der Waals surface area contributed by atoms with Crippen LogP contribution in [0.4, 0.5) is 0 Å². The van der Waals surface area contributed by atoms with Gasteiger partial charge in [0.1, 0.15) is 17.2 Å². The van der Waals surface area contributed by atoms with Gasteiger partial charge in [0.25, 0.3) is 0 Å². The van der Waals surface area contributed by atoms with E-state index < -0.39 is 0 Å². The van der Waals surface area contributed by atoms with Crippen LogP contribution < -0.4 is 14.2 Å². The highest BCUT2D eigenvalue weighted by Gasteiger charge is 2.02. The number of unbranched alkanes of at least 4 members (excludes halogenated alkanes) is 1. The van der Waals surface area contributed by atoms with Crippen LogP contribution in [0.5, 0.6) is 17.2 Å². The standard InChI is InChI=1S/C17H18Cl2O3/c1-20-14-5-4-6-15(12-14)21-9-2-3-10-22-17-8-7-13(18)11-16(17)19/h4-8,11-12H,2-3,9-10H2,1H3. The lowest BCUT2D eigenvalue weighted by molar-refractivity contribution is 0.266. The van der Waals surface area contributed by atoms with E-state index in [2.05, 4.69) is 0 Å². The van der Waals surface area contributed by atoms with Crippen LogP contribution in [0.1, 0.15) is 12.8 Å². The van der Waals surface area contributed by atoms with E-state index in [0.29, 0.717) is 29.0 Å². The van der Waals surface area contributed by atoms with Crippen molar-refractivity contribution in [3.05, 3.63) is 52.5 Å². The normalized spacial score (nSPS) is 10.3. The summed E-state index contributed by atoms with van der Waals surface area (Å²) >= 11 is 11.9.